The van der Waals surface area contributed by atoms with Gasteiger partial charge in [-0.1, -0.05) is 52.0 Å². The molecule has 156 valence electrons. The summed E-state index contributed by atoms with van der Waals surface area (Å²) in [4.78, 5) is 12.3. The van der Waals surface area contributed by atoms with E-state index in [2.05, 4.69) is 38.0 Å². The lowest BCUT2D eigenvalue weighted by Gasteiger charge is -2.17. The maximum atomic E-state index is 12.3. The van der Waals surface area contributed by atoms with E-state index < -0.39 is 0 Å². The van der Waals surface area contributed by atoms with Gasteiger partial charge in [0.15, 0.2) is 17.1 Å². The molecule has 2 aromatic carbocycles. The standard InChI is InChI=1S/C22H23BrN4O2S/c1-4-13-27-21(16(3)29-19-8-6-5-7-15(19)2)25-26-22(27)30-14-20(28)24-18-11-9-17(23)10-12-18/h4-12,16H,1,13-14H2,2-3H3,(H,24,28). The third kappa shape index (κ3) is 5.73. The Bertz CT molecular complexity index is 1020. The molecule has 3 aromatic rings. The van der Waals surface area contributed by atoms with Crippen molar-refractivity contribution in [3.63, 3.8) is 0 Å². The number of aryl methyl sites for hydroxylation is 1. The van der Waals surface area contributed by atoms with Crippen molar-refractivity contribution in [3.8, 4) is 5.75 Å². The smallest absolute Gasteiger partial charge is 0.234 e. The van der Waals surface area contributed by atoms with E-state index >= 15 is 0 Å². The van der Waals surface area contributed by atoms with E-state index in [1.54, 1.807) is 6.08 Å². The number of allylic oxidation sites excluding steroid dienone is 1. The molecule has 0 fully saturated rings. The van der Waals surface area contributed by atoms with Crippen LogP contribution in [0.5, 0.6) is 5.75 Å². The molecule has 6 nitrogen and oxygen atoms in total. The number of aromatic nitrogens is 3. The number of halogens is 1. The van der Waals surface area contributed by atoms with Gasteiger partial charge in [0.1, 0.15) is 5.75 Å². The molecule has 1 aromatic heterocycles. The van der Waals surface area contributed by atoms with Crippen molar-refractivity contribution < 1.29 is 9.53 Å². The summed E-state index contributed by atoms with van der Waals surface area (Å²) in [6.45, 7) is 8.29. The highest BCUT2D eigenvalue weighted by atomic mass is 79.9. The monoisotopic (exact) mass is 486 g/mol. The van der Waals surface area contributed by atoms with E-state index in [9.17, 15) is 4.79 Å². The lowest BCUT2D eigenvalue weighted by atomic mass is 10.2. The quantitative estimate of drug-likeness (QED) is 0.323. The van der Waals surface area contributed by atoms with Crippen molar-refractivity contribution in [1.82, 2.24) is 14.8 Å². The molecule has 1 atom stereocenters. The average Bonchev–Trinajstić information content (AvgIpc) is 3.13. The van der Waals surface area contributed by atoms with Crippen LogP contribution in [0, 0.1) is 6.92 Å². The van der Waals surface area contributed by atoms with Gasteiger partial charge in [0.25, 0.3) is 0 Å². The molecule has 8 heteroatoms. The summed E-state index contributed by atoms with van der Waals surface area (Å²) in [6.07, 6.45) is 1.48. The highest BCUT2D eigenvalue weighted by Gasteiger charge is 2.20. The van der Waals surface area contributed by atoms with Crippen molar-refractivity contribution in [1.29, 1.82) is 0 Å². The van der Waals surface area contributed by atoms with Gasteiger partial charge in [-0.15, -0.1) is 16.8 Å². The molecular weight excluding hydrogens is 464 g/mol. The highest BCUT2D eigenvalue weighted by molar-refractivity contribution is 9.10. The SMILES string of the molecule is C=CCn1c(SCC(=O)Nc2ccc(Br)cc2)nnc1C(C)Oc1ccccc1C. The summed E-state index contributed by atoms with van der Waals surface area (Å²) in [5.74, 6) is 1.61. The molecule has 3 rings (SSSR count). The molecule has 0 radical (unpaired) electrons. The average molecular weight is 487 g/mol. The Morgan fingerprint density at radius 1 is 1.27 bits per heavy atom. The highest BCUT2D eigenvalue weighted by Crippen LogP contribution is 2.26. The molecule has 0 aliphatic rings. The number of hydrogen-bond acceptors (Lipinski definition) is 5. The molecule has 0 saturated carbocycles. The minimum Gasteiger partial charge on any atom is -0.482 e. The Morgan fingerprint density at radius 2 is 2.00 bits per heavy atom. The second-order valence-electron chi connectivity index (χ2n) is 6.61. The largest absolute Gasteiger partial charge is 0.482 e. The fourth-order valence-corrected chi connectivity index (χ4v) is 3.82. The lowest BCUT2D eigenvalue weighted by Crippen LogP contribution is -2.15. The summed E-state index contributed by atoms with van der Waals surface area (Å²) < 4.78 is 8.98. The minimum absolute atomic E-state index is 0.110. The molecule has 1 unspecified atom stereocenters. The molecule has 0 bridgehead atoms. The van der Waals surface area contributed by atoms with Crippen molar-refractivity contribution in [2.75, 3.05) is 11.1 Å². The summed E-state index contributed by atoms with van der Waals surface area (Å²) in [6, 6.07) is 15.3. The summed E-state index contributed by atoms with van der Waals surface area (Å²) >= 11 is 4.71. The maximum Gasteiger partial charge on any atom is 0.234 e. The van der Waals surface area contributed by atoms with Gasteiger partial charge in [0, 0.05) is 16.7 Å². The zero-order valence-corrected chi connectivity index (χ0v) is 19.2. The number of para-hydroxylation sites is 1. The maximum absolute atomic E-state index is 12.3. The third-order valence-corrected chi connectivity index (χ3v) is 5.77. The predicted octanol–water partition coefficient (Wildman–Crippen LogP) is 5.41. The van der Waals surface area contributed by atoms with Crippen LogP contribution in [0.1, 0.15) is 24.4 Å². The van der Waals surface area contributed by atoms with Crippen LogP contribution in [0.3, 0.4) is 0 Å². The van der Waals surface area contributed by atoms with E-state index in [4.69, 9.17) is 4.74 Å². The van der Waals surface area contributed by atoms with Crippen LogP contribution in [0.15, 0.2) is 70.8 Å². The first-order valence-corrected chi connectivity index (χ1v) is 11.2. The number of hydrogen-bond donors (Lipinski definition) is 1. The number of carbonyl (C=O) groups excluding carboxylic acids is 1. The number of thioether (sulfide) groups is 1. The second kappa shape index (κ2) is 10.4. The number of carbonyl (C=O) groups is 1. The Morgan fingerprint density at radius 3 is 2.70 bits per heavy atom. The van der Waals surface area contributed by atoms with Crippen molar-refractivity contribution >= 4 is 39.3 Å². The van der Waals surface area contributed by atoms with E-state index in [-0.39, 0.29) is 17.8 Å². The zero-order valence-electron chi connectivity index (χ0n) is 16.8. The molecule has 0 aliphatic heterocycles. The first kappa shape index (κ1) is 22.1. The lowest BCUT2D eigenvalue weighted by molar-refractivity contribution is -0.113. The predicted molar refractivity (Wildman–Crippen MR) is 124 cm³/mol. The molecule has 1 N–H and O–H groups in total. The number of nitrogens with zero attached hydrogens (tertiary/aromatic N) is 3. The van der Waals surface area contributed by atoms with Gasteiger partial charge in [0.2, 0.25) is 5.91 Å². The van der Waals surface area contributed by atoms with Crippen LogP contribution in [0.2, 0.25) is 0 Å². The van der Waals surface area contributed by atoms with Crippen LogP contribution >= 0.6 is 27.7 Å². The Hall–Kier alpha value is -2.58. The van der Waals surface area contributed by atoms with E-state index in [0.29, 0.717) is 17.5 Å². The zero-order chi connectivity index (χ0) is 21.5. The van der Waals surface area contributed by atoms with E-state index in [1.165, 1.54) is 11.8 Å². The van der Waals surface area contributed by atoms with Crippen LogP contribution in [-0.2, 0) is 11.3 Å². The van der Waals surface area contributed by atoms with Crippen molar-refractivity contribution in [3.05, 3.63) is 77.0 Å². The van der Waals surface area contributed by atoms with Crippen LogP contribution in [-0.4, -0.2) is 26.4 Å². The first-order chi connectivity index (χ1) is 14.5. The summed E-state index contributed by atoms with van der Waals surface area (Å²) in [5.41, 5.74) is 1.80. The van der Waals surface area contributed by atoms with Crippen LogP contribution in [0.4, 0.5) is 5.69 Å². The van der Waals surface area contributed by atoms with E-state index in [0.717, 1.165) is 21.5 Å². The van der Waals surface area contributed by atoms with Crippen LogP contribution in [0.25, 0.3) is 0 Å². The Kier molecular flexibility index (Phi) is 7.70. The van der Waals surface area contributed by atoms with Gasteiger partial charge in [-0.2, -0.15) is 0 Å². The third-order valence-electron chi connectivity index (χ3n) is 4.28. The van der Waals surface area contributed by atoms with Crippen molar-refractivity contribution in [2.45, 2.75) is 31.7 Å². The molecule has 0 aliphatic carbocycles. The van der Waals surface area contributed by atoms with E-state index in [1.807, 2.05) is 66.9 Å². The van der Waals surface area contributed by atoms with Crippen LogP contribution < -0.4 is 10.1 Å². The number of anilines is 1. The molecular formula is C22H23BrN4O2S. The molecule has 1 heterocycles. The normalized spacial score (nSPS) is 11.7. The van der Waals surface area contributed by atoms with Gasteiger partial charge < -0.3 is 10.1 Å². The van der Waals surface area contributed by atoms with Gasteiger partial charge in [-0.3, -0.25) is 9.36 Å². The number of benzene rings is 2. The topological polar surface area (TPSA) is 69.0 Å². The van der Waals surface area contributed by atoms with Gasteiger partial charge >= 0.3 is 0 Å². The van der Waals surface area contributed by atoms with Crippen molar-refractivity contribution in [2.24, 2.45) is 0 Å². The van der Waals surface area contributed by atoms with Gasteiger partial charge in [0.05, 0.1) is 5.75 Å². The summed E-state index contributed by atoms with van der Waals surface area (Å²) in [7, 11) is 0. The molecule has 1 amide bonds. The number of nitrogens with one attached hydrogen (secondary N) is 1. The second-order valence-corrected chi connectivity index (χ2v) is 8.47. The molecule has 30 heavy (non-hydrogen) atoms. The van der Waals surface area contributed by atoms with Gasteiger partial charge in [-0.25, -0.2) is 0 Å². The minimum atomic E-state index is -0.301. The molecule has 0 saturated heterocycles. The number of amides is 1. The molecule has 0 spiro atoms. The number of ether oxygens (including phenoxy) is 1. The fourth-order valence-electron chi connectivity index (χ4n) is 2.80. The summed E-state index contributed by atoms with van der Waals surface area (Å²) in [5, 5.41) is 12.1. The number of rotatable bonds is 9. The fraction of sp³-hybridized carbons (Fsp3) is 0.227. The first-order valence-electron chi connectivity index (χ1n) is 9.42. The van der Waals surface area contributed by atoms with Gasteiger partial charge in [-0.05, 0) is 49.7 Å². The Labute approximate surface area is 188 Å². The Balaban J connectivity index is 1.67.